The van der Waals surface area contributed by atoms with Gasteiger partial charge in [-0.15, -0.1) is 0 Å². The molecular formula is C16H34N2O. The van der Waals surface area contributed by atoms with Gasteiger partial charge < -0.3 is 15.3 Å². The van der Waals surface area contributed by atoms with Crippen molar-refractivity contribution >= 4 is 0 Å². The van der Waals surface area contributed by atoms with E-state index >= 15 is 0 Å². The van der Waals surface area contributed by atoms with Crippen molar-refractivity contribution in [1.29, 1.82) is 0 Å². The summed E-state index contributed by atoms with van der Waals surface area (Å²) in [5.41, 5.74) is -0.0880. The van der Waals surface area contributed by atoms with Crippen LogP contribution in [0.25, 0.3) is 0 Å². The Morgan fingerprint density at radius 3 is 2.47 bits per heavy atom. The maximum atomic E-state index is 9.47. The van der Waals surface area contributed by atoms with Gasteiger partial charge >= 0.3 is 0 Å². The van der Waals surface area contributed by atoms with Crippen LogP contribution in [0, 0.1) is 5.92 Å². The SMILES string of the molecule is CCCC1CCN(CCCC(C)(CO)NCC)CC1. The maximum Gasteiger partial charge on any atom is 0.0610 e. The molecule has 1 heterocycles. The van der Waals surface area contributed by atoms with Gasteiger partial charge in [0, 0.05) is 5.54 Å². The van der Waals surface area contributed by atoms with Crippen LogP contribution in [-0.2, 0) is 0 Å². The molecule has 1 fully saturated rings. The van der Waals surface area contributed by atoms with Gasteiger partial charge in [0.2, 0.25) is 0 Å². The van der Waals surface area contributed by atoms with Gasteiger partial charge in [-0.3, -0.25) is 0 Å². The third-order valence-electron chi connectivity index (χ3n) is 4.56. The van der Waals surface area contributed by atoms with Crippen molar-refractivity contribution in [2.45, 2.75) is 64.8 Å². The highest BCUT2D eigenvalue weighted by molar-refractivity contribution is 4.82. The van der Waals surface area contributed by atoms with Gasteiger partial charge in [-0.1, -0.05) is 26.7 Å². The molecule has 0 aromatic heterocycles. The summed E-state index contributed by atoms with van der Waals surface area (Å²) in [5.74, 6) is 0.978. The molecule has 2 N–H and O–H groups in total. The highest BCUT2D eigenvalue weighted by Crippen LogP contribution is 2.22. The Kier molecular flexibility index (Phi) is 7.96. The van der Waals surface area contributed by atoms with Crippen LogP contribution in [0.5, 0.6) is 0 Å². The van der Waals surface area contributed by atoms with Crippen molar-refractivity contribution in [3.8, 4) is 0 Å². The standard InChI is InChI=1S/C16H34N2O/c1-4-7-15-8-12-18(13-9-15)11-6-10-16(3,14-19)17-5-2/h15,17,19H,4-14H2,1-3H3. The van der Waals surface area contributed by atoms with Gasteiger partial charge in [0.1, 0.15) is 0 Å². The number of piperidine rings is 1. The number of aliphatic hydroxyl groups is 1. The Hall–Kier alpha value is -0.120. The summed E-state index contributed by atoms with van der Waals surface area (Å²) in [6.07, 6.45) is 7.77. The Morgan fingerprint density at radius 1 is 1.26 bits per heavy atom. The molecule has 1 rings (SSSR count). The first-order valence-corrected chi connectivity index (χ1v) is 8.21. The summed E-state index contributed by atoms with van der Waals surface area (Å²) >= 11 is 0. The summed E-state index contributed by atoms with van der Waals surface area (Å²) in [6.45, 7) is 11.4. The Balaban J connectivity index is 2.16. The van der Waals surface area contributed by atoms with Crippen LogP contribution in [-0.4, -0.2) is 48.3 Å². The first kappa shape index (κ1) is 16.9. The van der Waals surface area contributed by atoms with Gasteiger partial charge in [0.25, 0.3) is 0 Å². The lowest BCUT2D eigenvalue weighted by Crippen LogP contribution is -2.46. The zero-order valence-corrected chi connectivity index (χ0v) is 13.2. The lowest BCUT2D eigenvalue weighted by atomic mass is 9.92. The van der Waals surface area contributed by atoms with Crippen molar-refractivity contribution in [1.82, 2.24) is 10.2 Å². The molecule has 1 atom stereocenters. The molecule has 1 saturated heterocycles. The number of hydrogen-bond donors (Lipinski definition) is 2. The molecule has 1 unspecified atom stereocenters. The van der Waals surface area contributed by atoms with E-state index in [2.05, 4.69) is 31.0 Å². The van der Waals surface area contributed by atoms with E-state index in [9.17, 15) is 5.11 Å². The highest BCUT2D eigenvalue weighted by atomic mass is 16.3. The monoisotopic (exact) mass is 270 g/mol. The molecule has 0 aliphatic carbocycles. The van der Waals surface area contributed by atoms with Crippen LogP contribution < -0.4 is 5.32 Å². The molecule has 1 aliphatic rings. The van der Waals surface area contributed by atoms with E-state index in [-0.39, 0.29) is 12.1 Å². The summed E-state index contributed by atoms with van der Waals surface area (Å²) in [5, 5.41) is 12.9. The minimum absolute atomic E-state index is 0.0880. The minimum Gasteiger partial charge on any atom is -0.394 e. The van der Waals surface area contributed by atoms with E-state index in [1.54, 1.807) is 0 Å². The first-order chi connectivity index (χ1) is 9.13. The Morgan fingerprint density at radius 2 is 1.95 bits per heavy atom. The number of hydrogen-bond acceptors (Lipinski definition) is 3. The van der Waals surface area contributed by atoms with E-state index in [1.165, 1.54) is 51.7 Å². The largest absolute Gasteiger partial charge is 0.394 e. The summed E-state index contributed by atoms with van der Waals surface area (Å²) in [4.78, 5) is 2.61. The molecule has 3 nitrogen and oxygen atoms in total. The van der Waals surface area contributed by atoms with Gasteiger partial charge in [-0.25, -0.2) is 0 Å². The van der Waals surface area contributed by atoms with Crippen LogP contribution in [0.1, 0.15) is 59.3 Å². The zero-order valence-electron chi connectivity index (χ0n) is 13.2. The molecule has 1 aliphatic heterocycles. The minimum atomic E-state index is -0.0880. The van der Waals surface area contributed by atoms with Crippen molar-refractivity contribution in [3.63, 3.8) is 0 Å². The number of nitrogens with one attached hydrogen (secondary N) is 1. The Bertz CT molecular complexity index is 227. The molecule has 0 saturated carbocycles. The van der Waals surface area contributed by atoms with Crippen molar-refractivity contribution < 1.29 is 5.11 Å². The highest BCUT2D eigenvalue weighted by Gasteiger charge is 2.23. The Labute approximate surface area is 119 Å². The fraction of sp³-hybridized carbons (Fsp3) is 1.00. The van der Waals surface area contributed by atoms with Gasteiger partial charge in [-0.05, 0) is 64.7 Å². The van der Waals surface area contributed by atoms with Crippen LogP contribution in [0.4, 0.5) is 0 Å². The molecule has 19 heavy (non-hydrogen) atoms. The van der Waals surface area contributed by atoms with Crippen LogP contribution in [0.3, 0.4) is 0 Å². The van der Waals surface area contributed by atoms with Crippen LogP contribution in [0.2, 0.25) is 0 Å². The summed E-state index contributed by atoms with van der Waals surface area (Å²) < 4.78 is 0. The van der Waals surface area contributed by atoms with E-state index in [1.807, 2.05) is 0 Å². The van der Waals surface area contributed by atoms with E-state index in [0.717, 1.165) is 18.9 Å². The molecule has 0 amide bonds. The average Bonchev–Trinajstić information content (AvgIpc) is 2.41. The molecule has 0 spiro atoms. The number of aliphatic hydroxyl groups excluding tert-OH is 1. The normalized spacial score (nSPS) is 21.5. The molecule has 114 valence electrons. The van der Waals surface area contributed by atoms with Gasteiger partial charge in [0.15, 0.2) is 0 Å². The third-order valence-corrected chi connectivity index (χ3v) is 4.56. The second-order valence-corrected chi connectivity index (χ2v) is 6.43. The fourth-order valence-electron chi connectivity index (χ4n) is 3.25. The number of rotatable bonds is 9. The molecule has 0 radical (unpaired) electrons. The quantitative estimate of drug-likeness (QED) is 0.676. The molecule has 0 aromatic rings. The van der Waals surface area contributed by atoms with E-state index in [0.29, 0.717) is 0 Å². The predicted octanol–water partition coefficient (Wildman–Crippen LogP) is 2.64. The fourth-order valence-corrected chi connectivity index (χ4v) is 3.25. The van der Waals surface area contributed by atoms with Crippen molar-refractivity contribution in [3.05, 3.63) is 0 Å². The maximum absolute atomic E-state index is 9.47. The topological polar surface area (TPSA) is 35.5 Å². The number of likely N-dealkylation sites (tertiary alicyclic amines) is 1. The lowest BCUT2D eigenvalue weighted by Gasteiger charge is -2.33. The van der Waals surface area contributed by atoms with Crippen LogP contribution >= 0.6 is 0 Å². The first-order valence-electron chi connectivity index (χ1n) is 8.21. The van der Waals surface area contributed by atoms with Gasteiger partial charge in [-0.2, -0.15) is 0 Å². The molecular weight excluding hydrogens is 236 g/mol. The molecule has 3 heteroatoms. The van der Waals surface area contributed by atoms with Crippen molar-refractivity contribution in [2.75, 3.05) is 32.8 Å². The molecule has 0 aromatic carbocycles. The second kappa shape index (κ2) is 8.93. The van der Waals surface area contributed by atoms with Gasteiger partial charge in [0.05, 0.1) is 6.61 Å². The summed E-state index contributed by atoms with van der Waals surface area (Å²) in [7, 11) is 0. The molecule has 0 bridgehead atoms. The van der Waals surface area contributed by atoms with Crippen molar-refractivity contribution in [2.24, 2.45) is 5.92 Å². The van der Waals surface area contributed by atoms with E-state index < -0.39 is 0 Å². The summed E-state index contributed by atoms with van der Waals surface area (Å²) in [6, 6.07) is 0. The lowest BCUT2D eigenvalue weighted by molar-refractivity contribution is 0.144. The second-order valence-electron chi connectivity index (χ2n) is 6.43. The van der Waals surface area contributed by atoms with E-state index in [4.69, 9.17) is 0 Å². The zero-order chi connectivity index (χ0) is 14.1. The average molecular weight is 270 g/mol. The number of likely N-dealkylation sites (N-methyl/N-ethyl adjacent to an activating group) is 1. The number of nitrogens with zero attached hydrogens (tertiary/aromatic N) is 1. The van der Waals surface area contributed by atoms with Crippen LogP contribution in [0.15, 0.2) is 0 Å². The smallest absolute Gasteiger partial charge is 0.0610 e. The third kappa shape index (κ3) is 6.24. The predicted molar refractivity (Wildman–Crippen MR) is 82.5 cm³/mol.